The molecule has 0 saturated carbocycles. The molecule has 0 aliphatic heterocycles. The number of aliphatic hydroxyl groups excluding tert-OH is 1. The summed E-state index contributed by atoms with van der Waals surface area (Å²) in [4.78, 5) is 0. The molecular formula is C8H16O2. The zero-order valence-electron chi connectivity index (χ0n) is 6.89. The summed E-state index contributed by atoms with van der Waals surface area (Å²) >= 11 is 0. The Morgan fingerprint density at radius 2 is 2.00 bits per heavy atom. The molecule has 0 fully saturated rings. The largest absolute Gasteiger partial charge is 0.393 e. The minimum atomic E-state index is -0.947. The minimum absolute atomic E-state index is 0.184. The molecule has 1 unspecified atom stereocenters. The molecule has 0 rings (SSSR count). The predicted molar refractivity (Wildman–Crippen MR) is 41.8 cm³/mol. The van der Waals surface area contributed by atoms with Crippen LogP contribution in [-0.2, 0) is 0 Å². The molecule has 2 heteroatoms. The molecule has 1 atom stereocenters. The van der Waals surface area contributed by atoms with Crippen LogP contribution >= 0.6 is 0 Å². The summed E-state index contributed by atoms with van der Waals surface area (Å²) in [5, 5.41) is 17.9. The maximum absolute atomic E-state index is 9.28. The lowest BCUT2D eigenvalue weighted by Gasteiger charge is -2.17. The Morgan fingerprint density at radius 1 is 1.50 bits per heavy atom. The van der Waals surface area contributed by atoms with Gasteiger partial charge in [-0.3, -0.25) is 0 Å². The third-order valence-corrected chi connectivity index (χ3v) is 1.29. The van der Waals surface area contributed by atoms with Crippen LogP contribution in [0.25, 0.3) is 0 Å². The molecule has 2 nitrogen and oxygen atoms in total. The van der Waals surface area contributed by atoms with Crippen LogP contribution in [0.15, 0.2) is 11.6 Å². The van der Waals surface area contributed by atoms with E-state index in [1.807, 2.05) is 19.9 Å². The highest BCUT2D eigenvalue weighted by Gasteiger charge is 2.16. The van der Waals surface area contributed by atoms with E-state index in [1.54, 1.807) is 6.92 Å². The van der Waals surface area contributed by atoms with Gasteiger partial charge in [-0.1, -0.05) is 11.6 Å². The Morgan fingerprint density at radius 3 is 2.30 bits per heavy atom. The van der Waals surface area contributed by atoms with E-state index in [9.17, 15) is 5.11 Å². The molecule has 10 heavy (non-hydrogen) atoms. The van der Waals surface area contributed by atoms with Gasteiger partial charge in [0.05, 0.1) is 12.2 Å². The molecule has 0 aliphatic carbocycles. The van der Waals surface area contributed by atoms with Crippen molar-refractivity contribution in [3.63, 3.8) is 0 Å². The quantitative estimate of drug-likeness (QED) is 0.582. The van der Waals surface area contributed by atoms with Crippen LogP contribution in [0.1, 0.15) is 27.2 Å². The topological polar surface area (TPSA) is 40.5 Å². The van der Waals surface area contributed by atoms with E-state index in [2.05, 4.69) is 0 Å². The van der Waals surface area contributed by atoms with Crippen molar-refractivity contribution in [2.75, 3.05) is 6.61 Å². The standard InChI is InChI=1S/C8H16O2/c1-7(2)4-5-8(3,10)6-9/h4,9-10H,5-6H2,1-3H3. The van der Waals surface area contributed by atoms with Gasteiger partial charge >= 0.3 is 0 Å². The molecule has 0 radical (unpaired) electrons. The SMILES string of the molecule is CC(C)=CCC(C)(O)CO. The Labute approximate surface area is 62.2 Å². The summed E-state index contributed by atoms with van der Waals surface area (Å²) in [6.45, 7) is 5.37. The van der Waals surface area contributed by atoms with Gasteiger partial charge in [0.15, 0.2) is 0 Å². The number of rotatable bonds is 3. The number of aliphatic hydroxyl groups is 2. The van der Waals surface area contributed by atoms with Gasteiger partial charge in [-0.05, 0) is 27.2 Å². The Bertz CT molecular complexity index is 121. The zero-order valence-corrected chi connectivity index (χ0v) is 6.89. The highest BCUT2D eigenvalue weighted by molar-refractivity contribution is 4.96. The van der Waals surface area contributed by atoms with Crippen molar-refractivity contribution in [3.05, 3.63) is 11.6 Å². The molecule has 0 spiro atoms. The van der Waals surface area contributed by atoms with E-state index in [0.29, 0.717) is 6.42 Å². The van der Waals surface area contributed by atoms with Gasteiger partial charge in [0.2, 0.25) is 0 Å². The van der Waals surface area contributed by atoms with Crippen molar-refractivity contribution >= 4 is 0 Å². The van der Waals surface area contributed by atoms with Gasteiger partial charge in [0, 0.05) is 0 Å². The first kappa shape index (κ1) is 9.66. The molecule has 0 aromatic heterocycles. The van der Waals surface area contributed by atoms with Crippen LogP contribution in [0.4, 0.5) is 0 Å². The fourth-order valence-corrected chi connectivity index (χ4v) is 0.489. The van der Waals surface area contributed by atoms with Crippen molar-refractivity contribution in [2.45, 2.75) is 32.8 Å². The van der Waals surface area contributed by atoms with Crippen LogP contribution in [0.3, 0.4) is 0 Å². The van der Waals surface area contributed by atoms with Crippen molar-refractivity contribution in [1.82, 2.24) is 0 Å². The highest BCUT2D eigenvalue weighted by atomic mass is 16.3. The number of hydrogen-bond acceptors (Lipinski definition) is 2. The second-order valence-corrected chi connectivity index (χ2v) is 3.14. The first-order valence-corrected chi connectivity index (χ1v) is 3.44. The third kappa shape index (κ3) is 4.53. The van der Waals surface area contributed by atoms with Gasteiger partial charge in [-0.2, -0.15) is 0 Å². The minimum Gasteiger partial charge on any atom is -0.393 e. The maximum Gasteiger partial charge on any atom is 0.0883 e. The zero-order chi connectivity index (χ0) is 8.20. The molecule has 0 aromatic rings. The van der Waals surface area contributed by atoms with E-state index in [0.717, 1.165) is 5.57 Å². The van der Waals surface area contributed by atoms with Crippen LogP contribution in [0, 0.1) is 0 Å². The van der Waals surface area contributed by atoms with Crippen LogP contribution in [-0.4, -0.2) is 22.4 Å². The lowest BCUT2D eigenvalue weighted by Crippen LogP contribution is -2.27. The average Bonchev–Trinajstić information content (AvgIpc) is 1.85. The molecule has 2 N–H and O–H groups in total. The van der Waals surface area contributed by atoms with Gasteiger partial charge in [0.25, 0.3) is 0 Å². The molecule has 0 aromatic carbocycles. The van der Waals surface area contributed by atoms with Gasteiger partial charge in [-0.25, -0.2) is 0 Å². The van der Waals surface area contributed by atoms with Gasteiger partial charge in [-0.15, -0.1) is 0 Å². The summed E-state index contributed by atoms with van der Waals surface area (Å²) in [5.41, 5.74) is 0.214. The summed E-state index contributed by atoms with van der Waals surface area (Å²) in [5.74, 6) is 0. The fourth-order valence-electron chi connectivity index (χ4n) is 0.489. The van der Waals surface area contributed by atoms with Crippen molar-refractivity contribution < 1.29 is 10.2 Å². The molecular weight excluding hydrogens is 128 g/mol. The Balaban J connectivity index is 3.78. The van der Waals surface area contributed by atoms with E-state index in [1.165, 1.54) is 0 Å². The molecule has 0 bridgehead atoms. The molecule has 0 amide bonds. The highest BCUT2D eigenvalue weighted by Crippen LogP contribution is 2.09. The van der Waals surface area contributed by atoms with Crippen LogP contribution < -0.4 is 0 Å². The van der Waals surface area contributed by atoms with E-state index < -0.39 is 5.60 Å². The average molecular weight is 144 g/mol. The lowest BCUT2D eigenvalue weighted by molar-refractivity contribution is 0.00438. The molecule has 0 saturated heterocycles. The van der Waals surface area contributed by atoms with Crippen LogP contribution in [0.5, 0.6) is 0 Å². The predicted octanol–water partition coefficient (Wildman–Crippen LogP) is 1.09. The summed E-state index contributed by atoms with van der Waals surface area (Å²) in [6.07, 6.45) is 2.43. The van der Waals surface area contributed by atoms with Crippen molar-refractivity contribution in [1.29, 1.82) is 0 Å². The summed E-state index contributed by atoms with van der Waals surface area (Å²) in [6, 6.07) is 0. The second-order valence-electron chi connectivity index (χ2n) is 3.14. The maximum atomic E-state index is 9.28. The monoisotopic (exact) mass is 144 g/mol. The second kappa shape index (κ2) is 3.74. The first-order valence-electron chi connectivity index (χ1n) is 3.44. The Kier molecular flexibility index (Phi) is 3.61. The van der Waals surface area contributed by atoms with Gasteiger partial charge in [0.1, 0.15) is 0 Å². The normalized spacial score (nSPS) is 16.1. The smallest absolute Gasteiger partial charge is 0.0883 e. The number of hydrogen-bond donors (Lipinski definition) is 2. The first-order chi connectivity index (χ1) is 4.48. The molecule has 60 valence electrons. The Hall–Kier alpha value is -0.340. The van der Waals surface area contributed by atoms with Crippen molar-refractivity contribution in [2.24, 2.45) is 0 Å². The third-order valence-electron chi connectivity index (χ3n) is 1.29. The number of allylic oxidation sites excluding steroid dienone is 1. The fraction of sp³-hybridized carbons (Fsp3) is 0.750. The summed E-state index contributed by atoms with van der Waals surface area (Å²) < 4.78 is 0. The van der Waals surface area contributed by atoms with Crippen molar-refractivity contribution in [3.8, 4) is 0 Å². The van der Waals surface area contributed by atoms with Crippen LogP contribution in [0.2, 0.25) is 0 Å². The molecule has 0 aliphatic rings. The van der Waals surface area contributed by atoms with Gasteiger partial charge < -0.3 is 10.2 Å². The van der Waals surface area contributed by atoms with E-state index >= 15 is 0 Å². The van der Waals surface area contributed by atoms with E-state index in [-0.39, 0.29) is 6.61 Å². The van der Waals surface area contributed by atoms with E-state index in [4.69, 9.17) is 5.11 Å². The lowest BCUT2D eigenvalue weighted by atomic mass is 10.0. The summed E-state index contributed by atoms with van der Waals surface area (Å²) in [7, 11) is 0. The molecule has 0 heterocycles.